The van der Waals surface area contributed by atoms with Crippen molar-refractivity contribution in [1.82, 2.24) is 24.5 Å². The first kappa shape index (κ1) is 62.5. The van der Waals surface area contributed by atoms with Crippen LogP contribution in [0.1, 0.15) is 153 Å². The van der Waals surface area contributed by atoms with Gasteiger partial charge in [0.05, 0.1) is 0 Å². The number of aliphatic hydroxyl groups excluding tert-OH is 1. The molecule has 80 heavy (non-hydrogen) atoms. The molecule has 4 aromatic rings. The fraction of sp³-hybridized carbons (Fsp3) is 0.618. The smallest absolute Gasteiger partial charge is 0.248 e. The normalized spacial score (nSPS) is 19.4. The van der Waals surface area contributed by atoms with Gasteiger partial charge in [0.1, 0.15) is 6.61 Å². The largest absolute Gasteiger partial charge is 0.387 e. The van der Waals surface area contributed by atoms with Crippen LogP contribution in [-0.4, -0.2) is 185 Å². The maximum absolute atomic E-state index is 11.4. The number of aliphatic hydroxyl groups is 1. The van der Waals surface area contributed by atoms with E-state index in [9.17, 15) is 9.59 Å². The Hall–Kier alpha value is -5.14. The third kappa shape index (κ3) is 18.4. The van der Waals surface area contributed by atoms with Crippen LogP contribution in [0.5, 0.6) is 0 Å². The standard InChI is InChI=1S/C19H31N3.C19H30N2.C15H22N2O2.C15H22N2O/c1-16(2)17-4-6-18(7-5-17)21-12-14-22(15-13-21)19-8-10-20(3)11-9-19;1-16(2)17-8-10-19(11-9-17)21-14-12-20(13-15-21)18-6-4-3-5-7-18;1-12(2)13-3-5-14(6-4-13)16-7-9-17(10-8-16)15(19)11-18;1-12(2)14-4-6-15(7-5-14)17-10-8-16(9-11-17)13(3)18/h4-7,16,19H,8-15H2,1-3H3;8-11,16,18H,3-7,12-15H2,1-2H3;3-6,12,18H,7-11H2,1-2H3;4-7,12H,8-11H2,1-3H3. The molecule has 0 atom stereocenters. The topological polar surface area (TPSA) is 83.5 Å². The van der Waals surface area contributed by atoms with Gasteiger partial charge >= 0.3 is 0 Å². The van der Waals surface area contributed by atoms with E-state index < -0.39 is 0 Å². The van der Waals surface area contributed by atoms with E-state index in [1.807, 2.05) is 4.90 Å². The molecule has 12 heteroatoms. The quantitative estimate of drug-likeness (QED) is 0.157. The highest BCUT2D eigenvalue weighted by atomic mass is 16.3. The number of piperidine rings is 1. The number of hydrogen-bond donors (Lipinski definition) is 1. The Kier molecular flexibility index (Phi) is 24.5. The first-order valence-corrected chi connectivity index (χ1v) is 31.3. The van der Waals surface area contributed by atoms with E-state index in [0.717, 1.165) is 51.4 Å². The average molecular weight is 1100 g/mol. The second-order valence-electron chi connectivity index (χ2n) is 24.9. The molecule has 10 rings (SSSR count). The first-order chi connectivity index (χ1) is 38.6. The van der Waals surface area contributed by atoms with E-state index >= 15 is 0 Å². The van der Waals surface area contributed by atoms with Crippen molar-refractivity contribution in [2.75, 3.05) is 151 Å². The van der Waals surface area contributed by atoms with Crippen LogP contribution in [0.3, 0.4) is 0 Å². The summed E-state index contributed by atoms with van der Waals surface area (Å²) in [5.74, 6) is 2.39. The number of rotatable bonds is 11. The molecule has 2 amide bonds. The predicted molar refractivity (Wildman–Crippen MR) is 337 cm³/mol. The zero-order valence-corrected chi connectivity index (χ0v) is 51.4. The van der Waals surface area contributed by atoms with Crippen LogP contribution in [-0.2, 0) is 9.59 Å². The lowest BCUT2D eigenvalue weighted by Crippen LogP contribution is -2.53. The van der Waals surface area contributed by atoms with Crippen LogP contribution >= 0.6 is 0 Å². The molecule has 0 spiro atoms. The number of carbonyl (C=O) groups excluding carboxylic acids is 2. The van der Waals surface area contributed by atoms with E-state index in [1.54, 1.807) is 11.8 Å². The Labute approximate surface area is 485 Å². The van der Waals surface area contributed by atoms with Crippen molar-refractivity contribution in [3.05, 3.63) is 119 Å². The second kappa shape index (κ2) is 31.3. The van der Waals surface area contributed by atoms with Crippen molar-refractivity contribution in [1.29, 1.82) is 0 Å². The van der Waals surface area contributed by atoms with Gasteiger partial charge in [0.2, 0.25) is 11.8 Å². The van der Waals surface area contributed by atoms with Crippen LogP contribution in [0.15, 0.2) is 97.1 Å². The Morgan fingerprint density at radius 1 is 0.388 bits per heavy atom. The summed E-state index contributed by atoms with van der Waals surface area (Å²) in [6.07, 6.45) is 9.91. The Morgan fingerprint density at radius 3 is 0.938 bits per heavy atom. The highest BCUT2D eigenvalue weighted by molar-refractivity contribution is 5.77. The molecule has 6 fully saturated rings. The van der Waals surface area contributed by atoms with Crippen molar-refractivity contribution in [2.45, 2.75) is 143 Å². The minimum absolute atomic E-state index is 0.171. The fourth-order valence-corrected chi connectivity index (χ4v) is 12.4. The molecule has 12 nitrogen and oxygen atoms in total. The average Bonchev–Trinajstić information content (AvgIpc) is 3.51. The number of piperazine rings is 4. The van der Waals surface area contributed by atoms with Crippen molar-refractivity contribution in [3.8, 4) is 0 Å². The van der Waals surface area contributed by atoms with Gasteiger partial charge in [-0.3, -0.25) is 19.4 Å². The second-order valence-corrected chi connectivity index (χ2v) is 24.9. The van der Waals surface area contributed by atoms with E-state index in [-0.39, 0.29) is 18.4 Å². The summed E-state index contributed by atoms with van der Waals surface area (Å²) in [5.41, 5.74) is 10.9. The molecule has 5 heterocycles. The van der Waals surface area contributed by atoms with E-state index in [0.29, 0.717) is 36.8 Å². The van der Waals surface area contributed by atoms with Crippen molar-refractivity contribution < 1.29 is 14.7 Å². The van der Waals surface area contributed by atoms with Crippen molar-refractivity contribution >= 4 is 34.6 Å². The Morgan fingerprint density at radius 2 is 0.662 bits per heavy atom. The zero-order valence-electron chi connectivity index (χ0n) is 51.4. The van der Waals surface area contributed by atoms with Gasteiger partial charge in [0.25, 0.3) is 0 Å². The number of anilines is 4. The third-order valence-electron chi connectivity index (χ3n) is 18.1. The maximum Gasteiger partial charge on any atom is 0.248 e. The predicted octanol–water partition coefficient (Wildman–Crippen LogP) is 11.2. The number of carbonyl (C=O) groups is 2. The van der Waals surface area contributed by atoms with Crippen LogP contribution < -0.4 is 19.6 Å². The maximum atomic E-state index is 11.4. The number of benzene rings is 4. The molecule has 440 valence electrons. The van der Waals surface area contributed by atoms with E-state index in [4.69, 9.17) is 5.11 Å². The molecule has 4 aromatic carbocycles. The highest BCUT2D eigenvalue weighted by Gasteiger charge is 2.28. The molecule has 0 bridgehead atoms. The summed E-state index contributed by atoms with van der Waals surface area (Å²) in [7, 11) is 2.25. The summed E-state index contributed by atoms with van der Waals surface area (Å²) < 4.78 is 0. The van der Waals surface area contributed by atoms with Gasteiger partial charge in [-0.1, -0.05) is 123 Å². The lowest BCUT2D eigenvalue weighted by atomic mass is 9.94. The minimum atomic E-state index is -0.386. The molecule has 0 aromatic heterocycles. The van der Waals surface area contributed by atoms with Crippen molar-refractivity contribution in [3.63, 3.8) is 0 Å². The number of amides is 2. The molecular formula is C68H105N9O3. The SMILES string of the molecule is CC(=O)N1CCN(c2ccc(C(C)C)cc2)CC1.CC(C)c1ccc(N2CCN(C(=O)CO)CC2)cc1.CC(C)c1ccc(N2CCN(C3CCCCC3)CC2)cc1.CC(C)c1ccc(N2CCN(C3CCN(C)CC3)CC2)cc1. The summed E-state index contributed by atoms with van der Waals surface area (Å²) in [6, 6.07) is 37.6. The van der Waals surface area contributed by atoms with Gasteiger partial charge in [-0.25, -0.2) is 0 Å². The molecule has 5 aliphatic heterocycles. The van der Waals surface area contributed by atoms with E-state index in [2.05, 4.69) is 194 Å². The van der Waals surface area contributed by atoms with Gasteiger partial charge in [-0.05, 0) is 140 Å². The van der Waals surface area contributed by atoms with Crippen LogP contribution in [0.25, 0.3) is 0 Å². The van der Waals surface area contributed by atoms with Gasteiger partial charge < -0.3 is 39.4 Å². The first-order valence-electron chi connectivity index (χ1n) is 31.3. The molecule has 0 radical (unpaired) electrons. The molecular weight excluding hydrogens is 991 g/mol. The lowest BCUT2D eigenvalue weighted by Gasteiger charge is -2.42. The Bertz CT molecular complexity index is 2380. The molecule has 1 saturated carbocycles. The summed E-state index contributed by atoms with van der Waals surface area (Å²) in [4.78, 5) is 44.0. The number of likely N-dealkylation sites (tertiary alicyclic amines) is 1. The third-order valence-corrected chi connectivity index (χ3v) is 18.1. The van der Waals surface area contributed by atoms with Gasteiger partial charge in [0.15, 0.2) is 0 Å². The van der Waals surface area contributed by atoms with Crippen LogP contribution in [0.2, 0.25) is 0 Å². The zero-order chi connectivity index (χ0) is 57.1. The summed E-state index contributed by atoms with van der Waals surface area (Å²) >= 11 is 0. The summed E-state index contributed by atoms with van der Waals surface area (Å²) in [5, 5.41) is 8.85. The van der Waals surface area contributed by atoms with Crippen LogP contribution in [0, 0.1) is 0 Å². The Balaban J connectivity index is 0.000000155. The number of nitrogens with zero attached hydrogens (tertiary/aromatic N) is 9. The number of hydrogen-bond acceptors (Lipinski definition) is 10. The molecule has 1 aliphatic carbocycles. The molecule has 5 saturated heterocycles. The van der Waals surface area contributed by atoms with Gasteiger partial charge in [-0.15, -0.1) is 0 Å². The monoisotopic (exact) mass is 1100 g/mol. The summed E-state index contributed by atoms with van der Waals surface area (Å²) in [6.45, 7) is 37.9. The molecule has 0 unspecified atom stereocenters. The fourth-order valence-electron chi connectivity index (χ4n) is 12.4. The van der Waals surface area contributed by atoms with E-state index in [1.165, 1.54) is 155 Å². The molecule has 1 N–H and O–H groups in total. The highest BCUT2D eigenvalue weighted by Crippen LogP contribution is 2.28. The van der Waals surface area contributed by atoms with Crippen LogP contribution in [0.4, 0.5) is 22.7 Å². The minimum Gasteiger partial charge on any atom is -0.387 e. The van der Waals surface area contributed by atoms with Crippen molar-refractivity contribution in [2.24, 2.45) is 0 Å². The lowest BCUT2D eigenvalue weighted by molar-refractivity contribution is -0.134. The van der Waals surface area contributed by atoms with Gasteiger partial charge in [0, 0.05) is 146 Å². The molecule has 6 aliphatic rings. The van der Waals surface area contributed by atoms with Gasteiger partial charge in [-0.2, -0.15) is 0 Å².